The normalized spacial score (nSPS) is 11.1. The molecule has 0 bridgehead atoms. The summed E-state index contributed by atoms with van der Waals surface area (Å²) in [6, 6.07) is 9.38. The first-order valence-corrected chi connectivity index (χ1v) is 10.8. The summed E-state index contributed by atoms with van der Waals surface area (Å²) in [5, 5.41) is 9.33. The van der Waals surface area contributed by atoms with Gasteiger partial charge in [-0.05, 0) is 49.8 Å². The van der Waals surface area contributed by atoms with E-state index in [0.29, 0.717) is 29.3 Å². The van der Waals surface area contributed by atoms with Crippen LogP contribution in [0.5, 0.6) is 0 Å². The van der Waals surface area contributed by atoms with E-state index in [1.54, 1.807) is 16.6 Å². The molecule has 1 aromatic carbocycles. The number of benzene rings is 1. The van der Waals surface area contributed by atoms with Crippen molar-refractivity contribution in [2.75, 3.05) is 7.05 Å². The number of carbonyl (C=O) groups is 1. The van der Waals surface area contributed by atoms with E-state index in [2.05, 4.69) is 12.1 Å². The monoisotopic (exact) mass is 447 g/mol. The summed E-state index contributed by atoms with van der Waals surface area (Å²) < 4.78 is 9.46. The molecule has 0 aliphatic rings. The molecule has 7 nitrogen and oxygen atoms in total. The minimum Gasteiger partial charge on any atom is -0.361 e. The highest BCUT2D eigenvalue weighted by atomic mass is 35.5. The third kappa shape index (κ3) is 5.37. The van der Waals surface area contributed by atoms with Gasteiger partial charge in [0, 0.05) is 36.7 Å². The molecule has 3 aromatic rings. The van der Waals surface area contributed by atoms with E-state index < -0.39 is 0 Å². The fourth-order valence-electron chi connectivity index (χ4n) is 3.13. The molecule has 0 unspecified atom stereocenters. The number of amides is 1. The zero-order valence-electron chi connectivity index (χ0n) is 17.5. The average molecular weight is 448 g/mol. The van der Waals surface area contributed by atoms with Crippen LogP contribution in [-0.2, 0) is 24.4 Å². The number of aromatic nitrogens is 4. The van der Waals surface area contributed by atoms with Gasteiger partial charge in [0.2, 0.25) is 5.91 Å². The maximum absolute atomic E-state index is 12.6. The molecule has 0 N–H and O–H groups in total. The van der Waals surface area contributed by atoms with Crippen molar-refractivity contribution >= 4 is 29.7 Å². The molecule has 30 heavy (non-hydrogen) atoms. The number of aryl methyl sites for hydroxylation is 2. The van der Waals surface area contributed by atoms with Gasteiger partial charge in [-0.25, -0.2) is 4.68 Å². The molecule has 0 fully saturated rings. The predicted octanol–water partition coefficient (Wildman–Crippen LogP) is 4.88. The van der Waals surface area contributed by atoms with Crippen molar-refractivity contribution < 1.29 is 9.32 Å². The van der Waals surface area contributed by atoms with Crippen LogP contribution < -0.4 is 0 Å². The topological polar surface area (TPSA) is 69.1 Å². The number of nitrogens with zero attached hydrogens (tertiary/aromatic N) is 5. The Balaban J connectivity index is 1.74. The fourth-order valence-corrected chi connectivity index (χ4v) is 3.57. The lowest BCUT2D eigenvalue weighted by molar-refractivity contribution is -0.130. The Morgan fingerprint density at radius 2 is 2.00 bits per heavy atom. The Hall–Kier alpha value is -2.45. The van der Waals surface area contributed by atoms with Crippen molar-refractivity contribution in [2.45, 2.75) is 52.7 Å². The zero-order valence-corrected chi connectivity index (χ0v) is 19.0. The van der Waals surface area contributed by atoms with Crippen molar-refractivity contribution in [1.82, 2.24) is 24.4 Å². The largest absolute Gasteiger partial charge is 0.361 e. The van der Waals surface area contributed by atoms with Crippen LogP contribution in [0.15, 0.2) is 34.9 Å². The number of rotatable bonds is 9. The number of unbranched alkanes of at least 4 members (excludes halogenated alkanes) is 1. The molecular formula is C21H26ClN5O2S. The third-order valence-corrected chi connectivity index (χ3v) is 5.48. The molecule has 1 amide bonds. The van der Waals surface area contributed by atoms with Crippen molar-refractivity contribution in [3.05, 3.63) is 51.6 Å². The standard InChI is InChI=1S/C21H26ClN5O2S/c1-4-5-11-26-20(16-6-8-17(22)9-7-16)23-27(21(26)30)12-10-19(28)25(3)14-18-13-15(2)29-24-18/h6-9,13H,4-5,10-12,14H2,1-3H3. The van der Waals surface area contributed by atoms with Crippen LogP contribution in [0.2, 0.25) is 5.02 Å². The molecule has 2 heterocycles. The second-order valence-electron chi connectivity index (χ2n) is 7.27. The van der Waals surface area contributed by atoms with Crippen LogP contribution in [0.25, 0.3) is 11.4 Å². The zero-order chi connectivity index (χ0) is 21.7. The Bertz CT molecular complexity index is 1050. The predicted molar refractivity (Wildman–Crippen MR) is 119 cm³/mol. The Labute approximate surface area is 186 Å². The van der Waals surface area contributed by atoms with E-state index in [1.807, 2.05) is 41.8 Å². The molecule has 0 atom stereocenters. The van der Waals surface area contributed by atoms with E-state index in [-0.39, 0.29) is 5.91 Å². The molecule has 3 rings (SSSR count). The van der Waals surface area contributed by atoms with Crippen LogP contribution >= 0.6 is 23.8 Å². The molecular weight excluding hydrogens is 422 g/mol. The summed E-state index contributed by atoms with van der Waals surface area (Å²) in [6.07, 6.45) is 2.35. The first-order chi connectivity index (χ1) is 14.4. The molecule has 9 heteroatoms. The van der Waals surface area contributed by atoms with Gasteiger partial charge in [-0.1, -0.05) is 30.1 Å². The highest BCUT2D eigenvalue weighted by Crippen LogP contribution is 2.21. The Morgan fingerprint density at radius 1 is 1.27 bits per heavy atom. The first kappa shape index (κ1) is 22.2. The second kappa shape index (κ2) is 10.0. The van der Waals surface area contributed by atoms with Crippen LogP contribution in [0.4, 0.5) is 0 Å². The Kier molecular flexibility index (Phi) is 7.44. The van der Waals surface area contributed by atoms with E-state index in [0.717, 1.165) is 42.2 Å². The van der Waals surface area contributed by atoms with Gasteiger partial charge in [0.15, 0.2) is 10.6 Å². The van der Waals surface area contributed by atoms with Crippen molar-refractivity contribution in [2.24, 2.45) is 0 Å². The molecule has 0 spiro atoms. The molecule has 0 saturated carbocycles. The molecule has 0 radical (unpaired) electrons. The van der Waals surface area contributed by atoms with Gasteiger partial charge in [0.25, 0.3) is 0 Å². The summed E-state index contributed by atoms with van der Waals surface area (Å²) in [6.45, 7) is 5.57. The van der Waals surface area contributed by atoms with Gasteiger partial charge in [-0.3, -0.25) is 9.36 Å². The third-order valence-electron chi connectivity index (χ3n) is 4.80. The molecule has 0 aliphatic heterocycles. The minimum absolute atomic E-state index is 0.00583. The van der Waals surface area contributed by atoms with Crippen molar-refractivity contribution in [1.29, 1.82) is 0 Å². The lowest BCUT2D eigenvalue weighted by Crippen LogP contribution is -2.27. The van der Waals surface area contributed by atoms with E-state index in [1.165, 1.54) is 0 Å². The van der Waals surface area contributed by atoms with Gasteiger partial charge in [-0.2, -0.15) is 5.10 Å². The maximum Gasteiger partial charge on any atom is 0.224 e. The molecule has 0 aliphatic carbocycles. The van der Waals surface area contributed by atoms with Crippen LogP contribution in [0, 0.1) is 11.7 Å². The number of hydrogen-bond donors (Lipinski definition) is 0. The van der Waals surface area contributed by atoms with Crippen LogP contribution in [0.3, 0.4) is 0 Å². The average Bonchev–Trinajstić information content (AvgIpc) is 3.27. The Morgan fingerprint density at radius 3 is 2.63 bits per heavy atom. The summed E-state index contributed by atoms with van der Waals surface area (Å²) >= 11 is 11.7. The van der Waals surface area contributed by atoms with E-state index in [9.17, 15) is 4.79 Å². The SMILES string of the molecule is CCCCn1c(-c2ccc(Cl)cc2)nn(CCC(=O)N(C)Cc2cc(C)on2)c1=S. The lowest BCUT2D eigenvalue weighted by Gasteiger charge is -2.15. The smallest absolute Gasteiger partial charge is 0.224 e. The van der Waals surface area contributed by atoms with E-state index >= 15 is 0 Å². The maximum atomic E-state index is 12.6. The lowest BCUT2D eigenvalue weighted by atomic mass is 10.2. The van der Waals surface area contributed by atoms with Gasteiger partial charge in [0.05, 0.1) is 13.1 Å². The van der Waals surface area contributed by atoms with Crippen LogP contribution in [-0.4, -0.2) is 37.4 Å². The van der Waals surface area contributed by atoms with Crippen molar-refractivity contribution in [3.63, 3.8) is 0 Å². The summed E-state index contributed by atoms with van der Waals surface area (Å²) in [4.78, 5) is 14.2. The highest BCUT2D eigenvalue weighted by molar-refractivity contribution is 7.71. The fraction of sp³-hybridized carbons (Fsp3) is 0.429. The van der Waals surface area contributed by atoms with Crippen LogP contribution in [0.1, 0.15) is 37.6 Å². The van der Waals surface area contributed by atoms with Gasteiger partial charge in [0.1, 0.15) is 11.5 Å². The molecule has 2 aromatic heterocycles. The summed E-state index contributed by atoms with van der Waals surface area (Å²) in [5.41, 5.74) is 1.68. The summed E-state index contributed by atoms with van der Waals surface area (Å²) in [5.74, 6) is 1.52. The van der Waals surface area contributed by atoms with Gasteiger partial charge in [-0.15, -0.1) is 0 Å². The highest BCUT2D eigenvalue weighted by Gasteiger charge is 2.16. The number of carbonyl (C=O) groups excluding carboxylic acids is 1. The van der Waals surface area contributed by atoms with Crippen molar-refractivity contribution in [3.8, 4) is 11.4 Å². The molecule has 0 saturated heterocycles. The summed E-state index contributed by atoms with van der Waals surface area (Å²) in [7, 11) is 1.75. The number of hydrogen-bond acceptors (Lipinski definition) is 5. The number of halogens is 1. The van der Waals surface area contributed by atoms with Gasteiger partial charge >= 0.3 is 0 Å². The second-order valence-corrected chi connectivity index (χ2v) is 8.07. The molecule has 160 valence electrons. The first-order valence-electron chi connectivity index (χ1n) is 9.98. The minimum atomic E-state index is -0.00583. The van der Waals surface area contributed by atoms with E-state index in [4.69, 9.17) is 33.4 Å². The van der Waals surface area contributed by atoms with Gasteiger partial charge < -0.3 is 9.42 Å². The quantitative estimate of drug-likeness (QED) is 0.437.